The lowest BCUT2D eigenvalue weighted by molar-refractivity contribution is -0.136. The quantitative estimate of drug-likeness (QED) is 0.438. The van der Waals surface area contributed by atoms with Crippen LogP contribution in [0.1, 0.15) is 44.5 Å². The third kappa shape index (κ3) is 6.50. The molecule has 192 valence electrons. The normalized spacial score (nSPS) is 20.0. The van der Waals surface area contributed by atoms with E-state index in [2.05, 4.69) is 4.98 Å². The Hall–Kier alpha value is -2.25. The molecule has 0 bridgehead atoms. The van der Waals surface area contributed by atoms with Crippen LogP contribution in [-0.4, -0.2) is 59.2 Å². The summed E-state index contributed by atoms with van der Waals surface area (Å²) in [4.78, 5) is 32.3. The molecule has 35 heavy (non-hydrogen) atoms. The zero-order valence-corrected chi connectivity index (χ0v) is 21.6. The van der Waals surface area contributed by atoms with Gasteiger partial charge in [-0.05, 0) is 38.9 Å². The molecule has 0 radical (unpaired) electrons. The zero-order chi connectivity index (χ0) is 25.8. The van der Waals surface area contributed by atoms with Crippen LogP contribution < -0.4 is 5.56 Å². The summed E-state index contributed by atoms with van der Waals surface area (Å²) in [6.07, 6.45) is -1.85. The van der Waals surface area contributed by atoms with Crippen molar-refractivity contribution in [2.45, 2.75) is 63.4 Å². The molecule has 1 aromatic carbocycles. The zero-order valence-electron chi connectivity index (χ0n) is 20.6. The third-order valence-corrected chi connectivity index (χ3v) is 8.01. The van der Waals surface area contributed by atoms with Crippen LogP contribution in [-0.2, 0) is 27.9 Å². The van der Waals surface area contributed by atoms with E-state index >= 15 is 0 Å². The Kier molecular flexibility index (Phi) is 8.76. The van der Waals surface area contributed by atoms with Gasteiger partial charge in [-0.1, -0.05) is 32.8 Å². The van der Waals surface area contributed by atoms with Crippen molar-refractivity contribution >= 4 is 14.5 Å². The van der Waals surface area contributed by atoms with Gasteiger partial charge in [0.2, 0.25) is 12.3 Å². The molecule has 3 rings (SSSR count). The first-order valence-electron chi connectivity index (χ1n) is 11.7. The van der Waals surface area contributed by atoms with Gasteiger partial charge in [-0.3, -0.25) is 14.2 Å². The largest absolute Gasteiger partial charge is 0.379 e. The van der Waals surface area contributed by atoms with E-state index in [1.807, 2.05) is 6.92 Å². The Morgan fingerprint density at radius 3 is 2.60 bits per heavy atom. The number of carbonyl (C=O) groups is 1. The van der Waals surface area contributed by atoms with Crippen molar-refractivity contribution in [2.75, 3.05) is 26.9 Å². The molecule has 0 spiro atoms. The van der Waals surface area contributed by atoms with Crippen molar-refractivity contribution in [1.82, 2.24) is 14.5 Å². The van der Waals surface area contributed by atoms with E-state index in [9.17, 15) is 22.8 Å². The number of likely N-dealkylation sites (N-methyl/N-ethyl adjacent to an activating group) is 1. The number of halogens is 3. The van der Waals surface area contributed by atoms with E-state index in [1.165, 1.54) is 17.6 Å². The number of ether oxygens (including phenoxy) is 1. The van der Waals surface area contributed by atoms with Gasteiger partial charge in [0.05, 0.1) is 17.8 Å². The molecule has 1 aliphatic rings. The fourth-order valence-corrected chi connectivity index (χ4v) is 4.49. The van der Waals surface area contributed by atoms with Gasteiger partial charge >= 0.3 is 0 Å². The maximum atomic E-state index is 14.6. The number of amides is 1. The van der Waals surface area contributed by atoms with Gasteiger partial charge in [-0.2, -0.15) is 0 Å². The van der Waals surface area contributed by atoms with Gasteiger partial charge in [-0.25, -0.2) is 18.2 Å². The summed E-state index contributed by atoms with van der Waals surface area (Å²) in [6.45, 7) is 5.97. The van der Waals surface area contributed by atoms with Crippen molar-refractivity contribution in [3.8, 4) is 11.3 Å². The molecule has 0 saturated carbocycles. The number of aromatic nitrogens is 2. The second-order valence-electron chi connectivity index (χ2n) is 9.35. The smallest absolute Gasteiger partial charge is 0.254 e. The number of rotatable bonds is 10. The molecule has 3 atom stereocenters. The molecule has 6 nitrogen and oxygen atoms in total. The number of benzene rings is 1. The van der Waals surface area contributed by atoms with E-state index < -0.39 is 22.9 Å². The highest BCUT2D eigenvalue weighted by molar-refractivity contribution is 7.38. The molecule has 1 aliphatic heterocycles. The Morgan fingerprint density at radius 1 is 1.34 bits per heavy atom. The minimum atomic E-state index is -2.46. The molecule has 2 heterocycles. The van der Waals surface area contributed by atoms with Gasteiger partial charge < -0.3 is 9.64 Å². The number of alkyl halides is 3. The van der Waals surface area contributed by atoms with E-state index in [0.717, 1.165) is 0 Å². The molecule has 2 aromatic rings. The highest BCUT2D eigenvalue weighted by Gasteiger charge is 2.36. The summed E-state index contributed by atoms with van der Waals surface area (Å²) in [5, 5.41) is -1.44. The van der Waals surface area contributed by atoms with Crippen molar-refractivity contribution in [3.63, 3.8) is 0 Å². The summed E-state index contributed by atoms with van der Waals surface area (Å²) < 4.78 is 46.9. The highest BCUT2D eigenvalue weighted by atomic mass is 31.1. The van der Waals surface area contributed by atoms with Crippen LogP contribution in [0.4, 0.5) is 13.2 Å². The van der Waals surface area contributed by atoms with E-state index in [-0.39, 0.29) is 46.1 Å². The van der Waals surface area contributed by atoms with E-state index in [0.29, 0.717) is 36.5 Å². The second-order valence-corrected chi connectivity index (χ2v) is 10.8. The number of hydrogen-bond donors (Lipinski definition) is 0. The Bertz CT molecular complexity index is 1080. The molecule has 1 amide bonds. The van der Waals surface area contributed by atoms with Crippen molar-refractivity contribution in [2.24, 2.45) is 0 Å². The highest BCUT2D eigenvalue weighted by Crippen LogP contribution is 2.40. The maximum Gasteiger partial charge on any atom is 0.254 e. The van der Waals surface area contributed by atoms with Crippen LogP contribution in [0.5, 0.6) is 0 Å². The van der Waals surface area contributed by atoms with E-state index in [1.54, 1.807) is 42.9 Å². The molecule has 1 aromatic heterocycles. The van der Waals surface area contributed by atoms with E-state index in [4.69, 9.17) is 4.74 Å². The predicted molar refractivity (Wildman–Crippen MR) is 132 cm³/mol. The topological polar surface area (TPSA) is 64.4 Å². The first kappa shape index (κ1) is 27.3. The number of carbonyl (C=O) groups excluding carboxylic acids is 1. The lowest BCUT2D eigenvalue weighted by Crippen LogP contribution is -2.49. The average Bonchev–Trinajstić information content (AvgIpc) is 3.27. The van der Waals surface area contributed by atoms with Crippen LogP contribution in [0.2, 0.25) is 0 Å². The molecular formula is C25H33F3N3O3P. The predicted octanol–water partition coefficient (Wildman–Crippen LogP) is 4.59. The lowest BCUT2D eigenvalue weighted by Gasteiger charge is -2.34. The summed E-state index contributed by atoms with van der Waals surface area (Å²) in [5.74, 6) is -0.00564. The number of hydrogen-bond acceptors (Lipinski definition) is 4. The summed E-state index contributed by atoms with van der Waals surface area (Å²) >= 11 is 0. The van der Waals surface area contributed by atoms with Crippen LogP contribution in [0.15, 0.2) is 35.1 Å². The Balaban J connectivity index is 1.92. The van der Waals surface area contributed by atoms with Gasteiger partial charge in [0.15, 0.2) is 0 Å². The molecular weight excluding hydrogens is 478 g/mol. The second kappa shape index (κ2) is 11.2. The molecule has 1 saturated heterocycles. The maximum absolute atomic E-state index is 14.6. The number of nitrogens with zero attached hydrogens (tertiary/aromatic N) is 3. The van der Waals surface area contributed by atoms with Crippen molar-refractivity contribution in [3.05, 3.63) is 52.1 Å². The fourth-order valence-electron chi connectivity index (χ4n) is 4.04. The minimum Gasteiger partial charge on any atom is -0.379 e. The lowest BCUT2D eigenvalue weighted by atomic mass is 10.00. The van der Waals surface area contributed by atoms with Crippen LogP contribution >= 0.6 is 8.58 Å². The van der Waals surface area contributed by atoms with Gasteiger partial charge in [0.25, 0.3) is 5.56 Å². The van der Waals surface area contributed by atoms with Gasteiger partial charge in [0, 0.05) is 38.1 Å². The fraction of sp³-hybridized carbons (Fsp3) is 0.560. The summed E-state index contributed by atoms with van der Waals surface area (Å²) in [5.41, 5.74) is 0.607. The van der Waals surface area contributed by atoms with Gasteiger partial charge in [0.1, 0.15) is 17.8 Å². The van der Waals surface area contributed by atoms with Crippen molar-refractivity contribution in [1.29, 1.82) is 0 Å². The minimum absolute atomic E-state index is 0.0706. The standard InChI is InChI=1S/C25H33F3N3O3P/c1-24(12-13-34-16-24)30(3)23(33)15-31-21(7-5-6-20(26)27)29-19(14-22(31)32)17-8-10-18(11-9-17)25(2,28)35-4/h8-11,14,20,35H,5-7,12-13,15-16H2,1-4H3. The van der Waals surface area contributed by atoms with Crippen LogP contribution in [0, 0.1) is 0 Å². The third-order valence-electron chi connectivity index (χ3n) is 6.78. The SMILES string of the molecule is CPC(C)(F)c1ccc(-c2cc(=O)n(CC(=O)N(C)C3(C)CCOC3)c(CCCC(F)F)n2)cc1. The molecule has 10 heteroatoms. The Morgan fingerprint density at radius 2 is 2.03 bits per heavy atom. The van der Waals surface area contributed by atoms with Crippen LogP contribution in [0.3, 0.4) is 0 Å². The monoisotopic (exact) mass is 511 g/mol. The molecule has 0 N–H and O–H groups in total. The summed E-state index contributed by atoms with van der Waals surface area (Å²) in [7, 11) is 1.75. The summed E-state index contributed by atoms with van der Waals surface area (Å²) in [6, 6.07) is 8.05. The van der Waals surface area contributed by atoms with Crippen LogP contribution in [0.25, 0.3) is 11.3 Å². The first-order chi connectivity index (χ1) is 16.5. The molecule has 1 fully saturated rings. The number of aryl methyl sites for hydroxylation is 1. The Labute approximate surface area is 205 Å². The molecule has 0 aliphatic carbocycles. The first-order valence-corrected chi connectivity index (χ1v) is 13.2. The molecule has 3 unspecified atom stereocenters. The van der Waals surface area contributed by atoms with Crippen molar-refractivity contribution < 1.29 is 22.7 Å². The van der Waals surface area contributed by atoms with Gasteiger partial charge in [-0.15, -0.1) is 0 Å². The average molecular weight is 512 g/mol.